The van der Waals surface area contributed by atoms with E-state index in [0.717, 1.165) is 44.7 Å². The number of nitrogens with zero attached hydrogens (tertiary/aromatic N) is 2. The Balaban J connectivity index is 1.05. The van der Waals surface area contributed by atoms with Gasteiger partial charge in [0.2, 0.25) is 0 Å². The Hall–Kier alpha value is -8.14. The second-order valence-electron chi connectivity index (χ2n) is 15.7. The summed E-state index contributed by atoms with van der Waals surface area (Å²) >= 11 is 0. The second kappa shape index (κ2) is 14.3. The fourth-order valence-electron chi connectivity index (χ4n) is 9.34. The van der Waals surface area contributed by atoms with Gasteiger partial charge in [-0.25, -0.2) is 0 Å². The molecule has 0 aliphatic carbocycles. The summed E-state index contributed by atoms with van der Waals surface area (Å²) in [6.45, 7) is 0. The summed E-state index contributed by atoms with van der Waals surface area (Å²) in [4.78, 5) is 2.36. The lowest BCUT2D eigenvalue weighted by atomic mass is 9.93. The average Bonchev–Trinajstić information content (AvgIpc) is 3.88. The van der Waals surface area contributed by atoms with Crippen molar-refractivity contribution < 1.29 is 4.42 Å². The first-order chi connectivity index (χ1) is 30.2. The SMILES string of the molecule is c1ccc(-c2ccc(N(c3cccc(-c4ccccc4)c3)c3ccc4oc5ccc6cccc(-c7ccc8c(c7)c7ccccc7n8-c7ccccc7)c6c5c4c3)cc2)cc1. The maximum atomic E-state index is 6.70. The van der Waals surface area contributed by atoms with Gasteiger partial charge in [0, 0.05) is 49.7 Å². The molecule has 0 saturated heterocycles. The Kier molecular flexibility index (Phi) is 8.17. The van der Waals surface area contributed by atoms with Crippen LogP contribution in [0.2, 0.25) is 0 Å². The zero-order valence-corrected chi connectivity index (χ0v) is 33.2. The van der Waals surface area contributed by atoms with Crippen LogP contribution in [0.4, 0.5) is 17.1 Å². The van der Waals surface area contributed by atoms with Crippen molar-refractivity contribution in [2.24, 2.45) is 0 Å². The summed E-state index contributed by atoms with van der Waals surface area (Å²) in [5.74, 6) is 0. The van der Waals surface area contributed by atoms with Gasteiger partial charge in [0.05, 0.1) is 11.0 Å². The van der Waals surface area contributed by atoms with Crippen molar-refractivity contribution >= 4 is 71.6 Å². The summed E-state index contributed by atoms with van der Waals surface area (Å²) < 4.78 is 9.07. The van der Waals surface area contributed by atoms with Crippen LogP contribution in [0.15, 0.2) is 235 Å². The van der Waals surface area contributed by atoms with E-state index in [9.17, 15) is 0 Å². The predicted molar refractivity (Wildman–Crippen MR) is 257 cm³/mol. The number of rotatable bonds is 7. The van der Waals surface area contributed by atoms with Crippen molar-refractivity contribution in [1.82, 2.24) is 4.57 Å². The minimum absolute atomic E-state index is 0.861. The van der Waals surface area contributed by atoms with E-state index < -0.39 is 0 Å². The molecule has 2 heterocycles. The molecule has 2 aromatic heterocycles. The molecule has 12 aromatic rings. The maximum Gasteiger partial charge on any atom is 0.136 e. The van der Waals surface area contributed by atoms with E-state index in [0.29, 0.717) is 0 Å². The highest BCUT2D eigenvalue weighted by atomic mass is 16.3. The molecule has 286 valence electrons. The lowest BCUT2D eigenvalue weighted by molar-refractivity contribution is 0.669. The number of fused-ring (bicyclic) bond motifs is 8. The predicted octanol–water partition coefficient (Wildman–Crippen LogP) is 16.3. The van der Waals surface area contributed by atoms with Crippen LogP contribution in [0.25, 0.3) is 93.6 Å². The third kappa shape index (κ3) is 5.90. The number of aromatic nitrogens is 1. The van der Waals surface area contributed by atoms with Crippen molar-refractivity contribution in [2.45, 2.75) is 0 Å². The van der Waals surface area contributed by atoms with Gasteiger partial charge in [-0.3, -0.25) is 0 Å². The van der Waals surface area contributed by atoms with Crippen LogP contribution < -0.4 is 4.90 Å². The van der Waals surface area contributed by atoms with Crippen LogP contribution in [0.3, 0.4) is 0 Å². The Morgan fingerprint density at radius 1 is 0.328 bits per heavy atom. The van der Waals surface area contributed by atoms with Crippen molar-refractivity contribution in [3.63, 3.8) is 0 Å². The first-order valence-corrected chi connectivity index (χ1v) is 20.8. The highest BCUT2D eigenvalue weighted by Crippen LogP contribution is 2.45. The highest BCUT2D eigenvalue weighted by molar-refractivity contribution is 6.24. The number of hydrogen-bond acceptors (Lipinski definition) is 2. The van der Waals surface area contributed by atoms with Crippen LogP contribution in [-0.2, 0) is 0 Å². The van der Waals surface area contributed by atoms with Gasteiger partial charge < -0.3 is 13.9 Å². The smallest absolute Gasteiger partial charge is 0.136 e. The Morgan fingerprint density at radius 2 is 0.934 bits per heavy atom. The summed E-state index contributed by atoms with van der Waals surface area (Å²) in [5, 5.41) is 7.03. The minimum atomic E-state index is 0.861. The molecule has 12 rings (SSSR count). The van der Waals surface area contributed by atoms with E-state index in [2.05, 4.69) is 240 Å². The van der Waals surface area contributed by atoms with Crippen LogP contribution in [0.1, 0.15) is 0 Å². The van der Waals surface area contributed by atoms with Gasteiger partial charge in [-0.15, -0.1) is 0 Å². The molecule has 3 heteroatoms. The van der Waals surface area contributed by atoms with E-state index >= 15 is 0 Å². The lowest BCUT2D eigenvalue weighted by Gasteiger charge is -2.26. The normalized spacial score (nSPS) is 11.6. The molecule has 10 aromatic carbocycles. The first kappa shape index (κ1) is 34.9. The molecule has 0 atom stereocenters. The van der Waals surface area contributed by atoms with Crippen LogP contribution in [0.5, 0.6) is 0 Å². The van der Waals surface area contributed by atoms with Crippen molar-refractivity contribution in [3.05, 3.63) is 231 Å². The zero-order chi connectivity index (χ0) is 40.3. The zero-order valence-electron chi connectivity index (χ0n) is 33.2. The van der Waals surface area contributed by atoms with E-state index in [1.165, 1.54) is 66.0 Å². The van der Waals surface area contributed by atoms with Gasteiger partial charge >= 0.3 is 0 Å². The van der Waals surface area contributed by atoms with E-state index in [1.807, 2.05) is 0 Å². The molecular weight excluding hydrogens is 741 g/mol. The summed E-state index contributed by atoms with van der Waals surface area (Å²) in [5.41, 5.74) is 15.6. The van der Waals surface area contributed by atoms with Crippen LogP contribution in [-0.4, -0.2) is 4.57 Å². The molecule has 0 radical (unpaired) electrons. The first-order valence-electron chi connectivity index (χ1n) is 20.8. The largest absolute Gasteiger partial charge is 0.456 e. The molecule has 0 unspecified atom stereocenters. The molecule has 0 aliphatic rings. The second-order valence-corrected chi connectivity index (χ2v) is 15.7. The van der Waals surface area contributed by atoms with Crippen LogP contribution in [0, 0.1) is 0 Å². The minimum Gasteiger partial charge on any atom is -0.456 e. The summed E-state index contributed by atoms with van der Waals surface area (Å²) in [6.07, 6.45) is 0. The van der Waals surface area contributed by atoms with Crippen molar-refractivity contribution in [1.29, 1.82) is 0 Å². The maximum absolute atomic E-state index is 6.70. The lowest BCUT2D eigenvalue weighted by Crippen LogP contribution is -2.10. The number of benzene rings is 10. The molecule has 0 aliphatic heterocycles. The quantitative estimate of drug-likeness (QED) is 0.161. The highest BCUT2D eigenvalue weighted by Gasteiger charge is 2.20. The summed E-state index contributed by atoms with van der Waals surface area (Å²) in [7, 11) is 0. The molecule has 3 nitrogen and oxygen atoms in total. The number of para-hydroxylation sites is 2. The van der Waals surface area contributed by atoms with Gasteiger partial charge in [0.25, 0.3) is 0 Å². The molecule has 61 heavy (non-hydrogen) atoms. The van der Waals surface area contributed by atoms with Crippen LogP contribution >= 0.6 is 0 Å². The average molecular weight is 779 g/mol. The number of hydrogen-bond donors (Lipinski definition) is 0. The molecule has 0 bridgehead atoms. The van der Waals surface area contributed by atoms with E-state index in [-0.39, 0.29) is 0 Å². The molecule has 0 N–H and O–H groups in total. The third-order valence-corrected chi connectivity index (χ3v) is 12.2. The number of anilines is 3. The Labute approximate surface area is 353 Å². The Morgan fingerprint density at radius 3 is 1.74 bits per heavy atom. The van der Waals surface area contributed by atoms with Gasteiger partial charge in [-0.2, -0.15) is 0 Å². The van der Waals surface area contributed by atoms with Gasteiger partial charge in [-0.05, 0) is 118 Å². The van der Waals surface area contributed by atoms with E-state index in [1.54, 1.807) is 0 Å². The molecular formula is C58H38N2O. The topological polar surface area (TPSA) is 21.3 Å². The molecule has 0 saturated carbocycles. The number of furan rings is 1. The fraction of sp³-hybridized carbons (Fsp3) is 0. The van der Waals surface area contributed by atoms with E-state index in [4.69, 9.17) is 4.42 Å². The third-order valence-electron chi connectivity index (χ3n) is 12.2. The standard InChI is InChI=1S/C58H38N2O/c1-4-14-39(15-5-1)41-26-30-46(31-27-41)59(47-22-12-19-43(36-47)40-16-6-2-7-17-40)48-32-35-55-52(38-48)58-56(61-55)34-29-42-18-13-24-49(57(42)58)44-28-33-54-51(37-44)50-23-10-11-25-53(50)60(54)45-20-8-3-9-21-45/h1-38H. The molecule has 0 spiro atoms. The summed E-state index contributed by atoms with van der Waals surface area (Å²) in [6, 6.07) is 82.8. The molecule has 0 amide bonds. The Bertz CT molecular complexity index is 3570. The van der Waals surface area contributed by atoms with Crippen molar-refractivity contribution in [3.8, 4) is 39.1 Å². The van der Waals surface area contributed by atoms with Gasteiger partial charge in [0.15, 0.2) is 0 Å². The molecule has 0 fully saturated rings. The monoisotopic (exact) mass is 778 g/mol. The van der Waals surface area contributed by atoms with Crippen molar-refractivity contribution in [2.75, 3.05) is 4.90 Å². The fourth-order valence-corrected chi connectivity index (χ4v) is 9.34. The van der Waals surface area contributed by atoms with Gasteiger partial charge in [0.1, 0.15) is 11.2 Å². The van der Waals surface area contributed by atoms with Gasteiger partial charge in [-0.1, -0.05) is 152 Å².